The van der Waals surface area contributed by atoms with Crippen molar-refractivity contribution in [2.45, 2.75) is 38.1 Å². The van der Waals surface area contributed by atoms with E-state index in [1.807, 2.05) is 0 Å². The van der Waals surface area contributed by atoms with Gasteiger partial charge in [-0.2, -0.15) is 5.10 Å². The van der Waals surface area contributed by atoms with Crippen LogP contribution in [0.2, 0.25) is 0 Å². The molecule has 0 unspecified atom stereocenters. The van der Waals surface area contributed by atoms with Crippen LogP contribution in [0.5, 0.6) is 0 Å². The number of rotatable bonds is 4. The van der Waals surface area contributed by atoms with Crippen LogP contribution in [0.25, 0.3) is 0 Å². The molecule has 92 valence electrons. The molecule has 0 aliphatic heterocycles. The minimum Gasteiger partial charge on any atom is -0.320 e. The second-order valence-corrected chi connectivity index (χ2v) is 4.59. The molecule has 17 heavy (non-hydrogen) atoms. The van der Waals surface area contributed by atoms with Crippen LogP contribution in [0.1, 0.15) is 32.1 Å². The highest BCUT2D eigenvalue weighted by atomic mass is 16.2. The average molecular weight is 234 g/mol. The van der Waals surface area contributed by atoms with Crippen LogP contribution >= 0.6 is 0 Å². The standard InChI is InChI=1S/C12H18N4O/c13-10(8-9-4-1-2-5-9)12(17)15-11-6-3-7-14-16-11/h3,6-7,9-10H,1-2,4-5,8,13H2,(H,15,16,17)/t10-/m0/s1. The molecule has 5 heteroatoms. The first-order chi connectivity index (χ1) is 8.25. The summed E-state index contributed by atoms with van der Waals surface area (Å²) in [4.78, 5) is 11.8. The van der Waals surface area contributed by atoms with Gasteiger partial charge in [0.2, 0.25) is 5.91 Å². The van der Waals surface area contributed by atoms with Gasteiger partial charge in [0.25, 0.3) is 0 Å². The van der Waals surface area contributed by atoms with Crippen molar-refractivity contribution in [1.29, 1.82) is 0 Å². The molecule has 1 atom stereocenters. The van der Waals surface area contributed by atoms with Gasteiger partial charge in [-0.25, -0.2) is 0 Å². The van der Waals surface area contributed by atoms with Gasteiger partial charge in [0.05, 0.1) is 6.04 Å². The average Bonchev–Trinajstić information content (AvgIpc) is 2.83. The van der Waals surface area contributed by atoms with Gasteiger partial charge in [-0.15, -0.1) is 5.10 Å². The van der Waals surface area contributed by atoms with Crippen molar-refractivity contribution in [1.82, 2.24) is 10.2 Å². The van der Waals surface area contributed by atoms with E-state index in [2.05, 4.69) is 15.5 Å². The zero-order valence-corrected chi connectivity index (χ0v) is 9.80. The molecule has 0 bridgehead atoms. The van der Waals surface area contributed by atoms with E-state index in [1.54, 1.807) is 18.3 Å². The molecule has 0 spiro atoms. The van der Waals surface area contributed by atoms with E-state index >= 15 is 0 Å². The van der Waals surface area contributed by atoms with Crippen LogP contribution in [-0.4, -0.2) is 22.1 Å². The highest BCUT2D eigenvalue weighted by Crippen LogP contribution is 2.28. The van der Waals surface area contributed by atoms with Crippen molar-refractivity contribution >= 4 is 11.7 Å². The number of amides is 1. The number of carbonyl (C=O) groups excluding carboxylic acids is 1. The molecule has 1 aliphatic carbocycles. The van der Waals surface area contributed by atoms with Gasteiger partial charge in [-0.1, -0.05) is 25.7 Å². The van der Waals surface area contributed by atoms with Crippen LogP contribution in [-0.2, 0) is 4.79 Å². The van der Waals surface area contributed by atoms with E-state index in [9.17, 15) is 4.79 Å². The molecule has 1 fully saturated rings. The smallest absolute Gasteiger partial charge is 0.242 e. The fraction of sp³-hybridized carbons (Fsp3) is 0.583. The lowest BCUT2D eigenvalue weighted by molar-refractivity contribution is -0.117. The van der Waals surface area contributed by atoms with Gasteiger partial charge in [0.15, 0.2) is 5.82 Å². The maximum atomic E-state index is 11.8. The van der Waals surface area contributed by atoms with E-state index < -0.39 is 6.04 Å². The van der Waals surface area contributed by atoms with Gasteiger partial charge in [-0.3, -0.25) is 4.79 Å². The summed E-state index contributed by atoms with van der Waals surface area (Å²) in [6.07, 6.45) is 7.27. The number of aromatic nitrogens is 2. The van der Waals surface area contributed by atoms with Crippen molar-refractivity contribution in [2.24, 2.45) is 11.7 Å². The first-order valence-corrected chi connectivity index (χ1v) is 6.10. The normalized spacial score (nSPS) is 17.9. The summed E-state index contributed by atoms with van der Waals surface area (Å²) in [5.41, 5.74) is 5.88. The number of nitrogens with one attached hydrogen (secondary N) is 1. The molecule has 3 N–H and O–H groups in total. The SMILES string of the molecule is N[C@@H](CC1CCCC1)C(=O)Nc1cccnn1. The predicted molar refractivity (Wildman–Crippen MR) is 65.2 cm³/mol. The monoisotopic (exact) mass is 234 g/mol. The summed E-state index contributed by atoms with van der Waals surface area (Å²) >= 11 is 0. The first-order valence-electron chi connectivity index (χ1n) is 6.10. The Labute approximate surface area is 101 Å². The molecular weight excluding hydrogens is 216 g/mol. The van der Waals surface area contributed by atoms with Crippen LogP contribution in [0.4, 0.5) is 5.82 Å². The minimum atomic E-state index is -0.444. The van der Waals surface area contributed by atoms with Gasteiger partial charge in [-0.05, 0) is 24.5 Å². The molecule has 2 rings (SSSR count). The molecule has 1 saturated carbocycles. The van der Waals surface area contributed by atoms with Gasteiger partial charge < -0.3 is 11.1 Å². The van der Waals surface area contributed by atoms with E-state index in [0.717, 1.165) is 6.42 Å². The van der Waals surface area contributed by atoms with Crippen molar-refractivity contribution in [3.63, 3.8) is 0 Å². The Morgan fingerprint density at radius 3 is 2.94 bits per heavy atom. The molecule has 0 aromatic carbocycles. The third-order valence-electron chi connectivity index (χ3n) is 3.22. The molecule has 1 aromatic rings. The number of hydrogen-bond donors (Lipinski definition) is 2. The number of nitrogens with zero attached hydrogens (tertiary/aromatic N) is 2. The second kappa shape index (κ2) is 5.72. The quantitative estimate of drug-likeness (QED) is 0.823. The molecule has 5 nitrogen and oxygen atoms in total. The Bertz CT molecular complexity index is 362. The summed E-state index contributed by atoms with van der Waals surface area (Å²) in [6.45, 7) is 0. The van der Waals surface area contributed by atoms with Crippen LogP contribution in [0.3, 0.4) is 0 Å². The summed E-state index contributed by atoms with van der Waals surface area (Å²) in [6, 6.07) is 2.98. The lowest BCUT2D eigenvalue weighted by Gasteiger charge is -2.15. The Morgan fingerprint density at radius 2 is 2.29 bits per heavy atom. The summed E-state index contributed by atoms with van der Waals surface area (Å²) in [5, 5.41) is 10.2. The third-order valence-corrected chi connectivity index (χ3v) is 3.22. The number of carbonyl (C=O) groups is 1. The van der Waals surface area contributed by atoms with Gasteiger partial charge >= 0.3 is 0 Å². The zero-order chi connectivity index (χ0) is 12.1. The largest absolute Gasteiger partial charge is 0.320 e. The molecule has 1 heterocycles. The third kappa shape index (κ3) is 3.49. The van der Waals surface area contributed by atoms with E-state index in [1.165, 1.54) is 25.7 Å². The second-order valence-electron chi connectivity index (χ2n) is 4.59. The summed E-state index contributed by atoms with van der Waals surface area (Å²) in [5.74, 6) is 0.898. The Kier molecular flexibility index (Phi) is 4.03. The lowest BCUT2D eigenvalue weighted by Crippen LogP contribution is -2.37. The van der Waals surface area contributed by atoms with Crippen molar-refractivity contribution in [3.8, 4) is 0 Å². The van der Waals surface area contributed by atoms with Gasteiger partial charge in [0, 0.05) is 6.20 Å². The highest BCUT2D eigenvalue weighted by molar-refractivity contribution is 5.93. The fourth-order valence-electron chi connectivity index (χ4n) is 2.30. The minimum absolute atomic E-state index is 0.169. The Balaban J connectivity index is 1.82. The van der Waals surface area contributed by atoms with Crippen LogP contribution in [0.15, 0.2) is 18.3 Å². The van der Waals surface area contributed by atoms with Gasteiger partial charge in [0.1, 0.15) is 0 Å². The highest BCUT2D eigenvalue weighted by Gasteiger charge is 2.22. The molecule has 0 saturated heterocycles. The van der Waals surface area contributed by atoms with E-state index in [4.69, 9.17) is 5.73 Å². The number of anilines is 1. The molecule has 0 radical (unpaired) electrons. The van der Waals surface area contributed by atoms with E-state index in [0.29, 0.717) is 11.7 Å². The lowest BCUT2D eigenvalue weighted by atomic mass is 9.98. The molecule has 1 amide bonds. The van der Waals surface area contributed by atoms with Crippen LogP contribution < -0.4 is 11.1 Å². The maximum Gasteiger partial charge on any atom is 0.242 e. The summed E-state index contributed by atoms with van der Waals surface area (Å²) in [7, 11) is 0. The van der Waals surface area contributed by atoms with Crippen molar-refractivity contribution < 1.29 is 4.79 Å². The maximum absolute atomic E-state index is 11.8. The van der Waals surface area contributed by atoms with E-state index in [-0.39, 0.29) is 5.91 Å². The zero-order valence-electron chi connectivity index (χ0n) is 9.80. The predicted octanol–water partition coefficient (Wildman–Crippen LogP) is 1.32. The fourth-order valence-corrected chi connectivity index (χ4v) is 2.30. The Hall–Kier alpha value is -1.49. The van der Waals surface area contributed by atoms with Crippen molar-refractivity contribution in [3.05, 3.63) is 18.3 Å². The number of hydrogen-bond acceptors (Lipinski definition) is 4. The molecular formula is C12H18N4O. The molecule has 1 aliphatic rings. The number of nitrogens with two attached hydrogens (primary N) is 1. The van der Waals surface area contributed by atoms with Crippen LogP contribution in [0, 0.1) is 5.92 Å². The molecule has 1 aromatic heterocycles. The topological polar surface area (TPSA) is 80.9 Å². The van der Waals surface area contributed by atoms with Crippen molar-refractivity contribution in [2.75, 3.05) is 5.32 Å². The Morgan fingerprint density at radius 1 is 1.53 bits per heavy atom. The summed E-state index contributed by atoms with van der Waals surface area (Å²) < 4.78 is 0. The first kappa shape index (κ1) is 12.0.